The van der Waals surface area contributed by atoms with Gasteiger partial charge in [0.05, 0.1) is 5.92 Å². The molecule has 1 saturated carbocycles. The third-order valence-corrected chi connectivity index (χ3v) is 4.79. The molecule has 1 aromatic carbocycles. The fraction of sp³-hybridized carbons (Fsp3) is 0.579. The van der Waals surface area contributed by atoms with Gasteiger partial charge in [-0.25, -0.2) is 9.18 Å². The molecule has 0 spiro atoms. The minimum Gasteiger partial charge on any atom is -0.481 e. The van der Waals surface area contributed by atoms with Crippen LogP contribution in [0.1, 0.15) is 38.7 Å². The average Bonchev–Trinajstić information content (AvgIpc) is 3.34. The third-order valence-electron chi connectivity index (χ3n) is 4.79. The number of amides is 1. The predicted molar refractivity (Wildman–Crippen MR) is 94.9 cm³/mol. The number of nitrogens with zero attached hydrogens (tertiary/aromatic N) is 2. The zero-order valence-corrected chi connectivity index (χ0v) is 15.4. The fourth-order valence-electron chi connectivity index (χ4n) is 3.30. The lowest BCUT2D eigenvalue weighted by molar-refractivity contribution is -0.138. The van der Waals surface area contributed by atoms with E-state index in [2.05, 4.69) is 0 Å². The van der Waals surface area contributed by atoms with Crippen molar-refractivity contribution < 1.29 is 23.8 Å². The van der Waals surface area contributed by atoms with Crippen LogP contribution in [-0.4, -0.2) is 53.8 Å². The Morgan fingerprint density at radius 3 is 2.35 bits per heavy atom. The van der Waals surface area contributed by atoms with Gasteiger partial charge in [0.1, 0.15) is 11.4 Å². The highest BCUT2D eigenvalue weighted by Gasteiger charge is 2.45. The van der Waals surface area contributed by atoms with Crippen molar-refractivity contribution in [2.75, 3.05) is 31.1 Å². The summed E-state index contributed by atoms with van der Waals surface area (Å²) < 4.78 is 19.8. The van der Waals surface area contributed by atoms with E-state index in [0.717, 1.165) is 5.69 Å². The maximum Gasteiger partial charge on any atom is 0.410 e. The van der Waals surface area contributed by atoms with Gasteiger partial charge in [-0.05, 0) is 44.9 Å². The number of aliphatic carboxylic acids is 1. The molecule has 1 aliphatic carbocycles. The lowest BCUT2D eigenvalue weighted by atomic mass is 10.1. The molecule has 1 saturated heterocycles. The summed E-state index contributed by atoms with van der Waals surface area (Å²) >= 11 is 0. The zero-order valence-electron chi connectivity index (χ0n) is 15.4. The van der Waals surface area contributed by atoms with E-state index in [9.17, 15) is 14.0 Å². The van der Waals surface area contributed by atoms with E-state index >= 15 is 0 Å². The number of benzene rings is 1. The normalized spacial score (nSPS) is 22.9. The number of piperazine rings is 1. The molecule has 1 heterocycles. The number of carboxylic acid groups (broad SMARTS) is 1. The molecule has 2 aliphatic rings. The minimum atomic E-state index is -0.864. The molecule has 0 bridgehead atoms. The summed E-state index contributed by atoms with van der Waals surface area (Å²) in [5.41, 5.74) is 0.709. The summed E-state index contributed by atoms with van der Waals surface area (Å²) in [4.78, 5) is 26.8. The summed E-state index contributed by atoms with van der Waals surface area (Å²) in [7, 11) is 0. The molecule has 0 aromatic heterocycles. The standard InChI is InChI=1S/C19H25FN2O4/c1-19(2,3)26-18(25)22-8-6-21(7-9-22)12-4-5-13(16(20)10-12)14-11-15(14)17(23)24/h4-5,10,14-15H,6-9,11H2,1-3H3,(H,23,24). The van der Waals surface area contributed by atoms with Gasteiger partial charge in [-0.1, -0.05) is 6.07 Å². The Hall–Kier alpha value is -2.31. The van der Waals surface area contributed by atoms with Gasteiger partial charge in [-0.15, -0.1) is 0 Å². The molecular formula is C19H25FN2O4. The Morgan fingerprint density at radius 1 is 1.19 bits per heavy atom. The van der Waals surface area contributed by atoms with Gasteiger partial charge in [0.25, 0.3) is 0 Å². The largest absolute Gasteiger partial charge is 0.481 e. The smallest absolute Gasteiger partial charge is 0.410 e. The number of ether oxygens (including phenoxy) is 1. The highest BCUT2D eigenvalue weighted by Crippen LogP contribution is 2.48. The summed E-state index contributed by atoms with van der Waals surface area (Å²) in [6.07, 6.45) is 0.173. The molecule has 1 amide bonds. The molecule has 2 fully saturated rings. The Kier molecular flexibility index (Phi) is 4.82. The van der Waals surface area contributed by atoms with Crippen LogP contribution in [0.15, 0.2) is 18.2 Å². The number of rotatable bonds is 3. The molecule has 6 nitrogen and oxygen atoms in total. The first-order valence-electron chi connectivity index (χ1n) is 8.91. The first-order chi connectivity index (χ1) is 12.2. The van der Waals surface area contributed by atoms with Crippen molar-refractivity contribution in [2.45, 2.75) is 38.7 Å². The van der Waals surface area contributed by atoms with E-state index in [1.54, 1.807) is 11.0 Å². The van der Waals surface area contributed by atoms with Crippen molar-refractivity contribution >= 4 is 17.7 Å². The van der Waals surface area contributed by atoms with E-state index in [1.807, 2.05) is 31.7 Å². The summed E-state index contributed by atoms with van der Waals surface area (Å²) in [5.74, 6) is -1.90. The highest BCUT2D eigenvalue weighted by atomic mass is 19.1. The maximum absolute atomic E-state index is 14.4. The zero-order chi connectivity index (χ0) is 19.1. The monoisotopic (exact) mass is 364 g/mol. The van der Waals surface area contributed by atoms with E-state index in [-0.39, 0.29) is 17.8 Å². The first-order valence-corrected chi connectivity index (χ1v) is 8.91. The van der Waals surface area contributed by atoms with Crippen LogP contribution in [0.5, 0.6) is 0 Å². The Balaban J connectivity index is 1.59. The maximum atomic E-state index is 14.4. The molecule has 7 heteroatoms. The number of carbonyl (C=O) groups is 2. The van der Waals surface area contributed by atoms with Crippen LogP contribution in [0.4, 0.5) is 14.9 Å². The van der Waals surface area contributed by atoms with E-state index in [4.69, 9.17) is 9.84 Å². The topological polar surface area (TPSA) is 70.1 Å². The van der Waals surface area contributed by atoms with Crippen molar-refractivity contribution in [2.24, 2.45) is 5.92 Å². The van der Waals surface area contributed by atoms with Crippen LogP contribution in [0, 0.1) is 11.7 Å². The molecule has 2 atom stereocenters. The molecular weight excluding hydrogens is 339 g/mol. The van der Waals surface area contributed by atoms with E-state index < -0.39 is 17.5 Å². The second-order valence-corrected chi connectivity index (χ2v) is 7.95. The summed E-state index contributed by atoms with van der Waals surface area (Å²) in [6, 6.07) is 4.99. The third kappa shape index (κ3) is 4.08. The van der Waals surface area contributed by atoms with Crippen LogP contribution in [0.2, 0.25) is 0 Å². The Bertz CT molecular complexity index is 708. The second kappa shape index (κ2) is 6.78. The fourth-order valence-corrected chi connectivity index (χ4v) is 3.30. The quantitative estimate of drug-likeness (QED) is 0.893. The Morgan fingerprint density at radius 2 is 1.85 bits per heavy atom. The first kappa shape index (κ1) is 18.5. The average molecular weight is 364 g/mol. The van der Waals surface area contributed by atoms with Crippen LogP contribution in [0.3, 0.4) is 0 Å². The molecule has 1 aliphatic heterocycles. The second-order valence-electron chi connectivity index (χ2n) is 7.95. The number of anilines is 1. The highest BCUT2D eigenvalue weighted by molar-refractivity contribution is 5.75. The summed E-state index contributed by atoms with van der Waals surface area (Å²) in [6.45, 7) is 7.73. The van der Waals surface area contributed by atoms with Gasteiger partial charge in [-0.2, -0.15) is 0 Å². The van der Waals surface area contributed by atoms with Gasteiger partial charge in [0, 0.05) is 37.8 Å². The molecule has 142 valence electrons. The van der Waals surface area contributed by atoms with Gasteiger partial charge in [0.15, 0.2) is 0 Å². The van der Waals surface area contributed by atoms with Crippen molar-refractivity contribution in [1.29, 1.82) is 0 Å². The molecule has 3 rings (SSSR count). The molecule has 1 aromatic rings. The summed E-state index contributed by atoms with van der Waals surface area (Å²) in [5, 5.41) is 9.00. The minimum absolute atomic E-state index is 0.217. The van der Waals surface area contributed by atoms with Gasteiger partial charge in [-0.3, -0.25) is 4.79 Å². The SMILES string of the molecule is CC(C)(C)OC(=O)N1CCN(c2ccc(C3CC3C(=O)O)c(F)c2)CC1. The number of hydrogen-bond acceptors (Lipinski definition) is 4. The van der Waals surface area contributed by atoms with Gasteiger partial charge >= 0.3 is 12.1 Å². The van der Waals surface area contributed by atoms with Crippen molar-refractivity contribution in [3.8, 4) is 0 Å². The predicted octanol–water partition coefficient (Wildman–Crippen LogP) is 3.07. The number of halogens is 1. The number of carboxylic acids is 1. The lowest BCUT2D eigenvalue weighted by Crippen LogP contribution is -2.50. The van der Waals surface area contributed by atoms with Crippen LogP contribution < -0.4 is 4.90 Å². The van der Waals surface area contributed by atoms with Crippen LogP contribution in [-0.2, 0) is 9.53 Å². The Labute approximate surface area is 152 Å². The van der Waals surface area contributed by atoms with Gasteiger partial charge in [0.2, 0.25) is 0 Å². The molecule has 0 radical (unpaired) electrons. The van der Waals surface area contributed by atoms with Crippen molar-refractivity contribution in [3.63, 3.8) is 0 Å². The molecule has 26 heavy (non-hydrogen) atoms. The molecule has 2 unspecified atom stereocenters. The number of hydrogen-bond donors (Lipinski definition) is 1. The number of carbonyl (C=O) groups excluding carboxylic acids is 1. The van der Waals surface area contributed by atoms with Crippen LogP contribution >= 0.6 is 0 Å². The van der Waals surface area contributed by atoms with Crippen LogP contribution in [0.25, 0.3) is 0 Å². The van der Waals surface area contributed by atoms with E-state index in [1.165, 1.54) is 6.07 Å². The van der Waals surface area contributed by atoms with Crippen molar-refractivity contribution in [3.05, 3.63) is 29.6 Å². The molecule has 1 N–H and O–H groups in total. The van der Waals surface area contributed by atoms with Crippen molar-refractivity contribution in [1.82, 2.24) is 4.90 Å². The van der Waals surface area contributed by atoms with E-state index in [0.29, 0.717) is 38.2 Å². The lowest BCUT2D eigenvalue weighted by Gasteiger charge is -2.36. The van der Waals surface area contributed by atoms with Gasteiger partial charge < -0.3 is 19.6 Å².